The van der Waals surface area contributed by atoms with Crippen molar-refractivity contribution in [2.24, 2.45) is 17.8 Å². The fourth-order valence-electron chi connectivity index (χ4n) is 3.86. The van der Waals surface area contributed by atoms with Crippen LogP contribution in [0.15, 0.2) is 48.7 Å². The fraction of sp³-hybridized carbons (Fsp3) is 0.593. The minimum atomic E-state index is -1.96. The molecule has 0 radical (unpaired) electrons. The van der Waals surface area contributed by atoms with Gasteiger partial charge in [-0.05, 0) is 54.4 Å². The highest BCUT2D eigenvalue weighted by Gasteiger charge is 2.43. The Labute approximate surface area is 201 Å². The van der Waals surface area contributed by atoms with E-state index in [1.807, 2.05) is 50.3 Å². The van der Waals surface area contributed by atoms with Gasteiger partial charge in [-0.3, -0.25) is 4.79 Å². The lowest BCUT2D eigenvalue weighted by Gasteiger charge is -2.38. The Kier molecular flexibility index (Phi) is 9.30. The van der Waals surface area contributed by atoms with Gasteiger partial charge in [0.2, 0.25) is 5.91 Å². The zero-order valence-corrected chi connectivity index (χ0v) is 22.4. The number of carbonyl (C=O) groups excluding carboxylic acids is 2. The molecule has 0 bridgehead atoms. The Hall–Kier alpha value is -2.14. The van der Waals surface area contributed by atoms with E-state index >= 15 is 0 Å². The fourth-order valence-corrected chi connectivity index (χ4v) is 4.98. The van der Waals surface area contributed by atoms with Crippen molar-refractivity contribution in [2.75, 3.05) is 13.2 Å². The molecule has 5 nitrogen and oxygen atoms in total. The number of cyclic esters (lactones) is 1. The first-order valence-electron chi connectivity index (χ1n) is 11.9. The third-order valence-electron chi connectivity index (χ3n) is 7.06. The van der Waals surface area contributed by atoms with Crippen LogP contribution in [0.2, 0.25) is 18.1 Å². The summed E-state index contributed by atoms with van der Waals surface area (Å²) < 4.78 is 11.8. The number of hydrogen-bond donors (Lipinski definition) is 0. The van der Waals surface area contributed by atoms with E-state index in [2.05, 4.69) is 46.2 Å². The lowest BCUT2D eigenvalue weighted by atomic mass is 9.84. The number of amides is 2. The molecular formula is C27H41NO4Si. The van der Waals surface area contributed by atoms with Crippen molar-refractivity contribution in [2.45, 2.75) is 71.6 Å². The quantitative estimate of drug-likeness (QED) is 0.300. The van der Waals surface area contributed by atoms with Crippen LogP contribution in [0, 0.1) is 17.8 Å². The van der Waals surface area contributed by atoms with Crippen LogP contribution in [-0.2, 0) is 20.4 Å². The zero-order chi connectivity index (χ0) is 24.8. The maximum atomic E-state index is 13.8. The Bertz CT molecular complexity index is 855. The molecule has 2 unspecified atom stereocenters. The summed E-state index contributed by atoms with van der Waals surface area (Å²) in [4.78, 5) is 27.8. The van der Waals surface area contributed by atoms with Gasteiger partial charge in [0.25, 0.3) is 0 Å². The monoisotopic (exact) mass is 471 g/mol. The lowest BCUT2D eigenvalue weighted by molar-refractivity contribution is -0.136. The van der Waals surface area contributed by atoms with Crippen LogP contribution in [0.1, 0.15) is 46.6 Å². The molecule has 6 heteroatoms. The van der Waals surface area contributed by atoms with E-state index < -0.39 is 14.4 Å². The largest absolute Gasteiger partial charge is 0.447 e. The Morgan fingerprint density at radius 3 is 2.52 bits per heavy atom. The van der Waals surface area contributed by atoms with Gasteiger partial charge in [0.1, 0.15) is 6.61 Å². The average Bonchev–Trinajstić information content (AvgIpc) is 3.10. The maximum Gasteiger partial charge on any atom is 0.416 e. The van der Waals surface area contributed by atoms with Crippen molar-refractivity contribution in [1.82, 2.24) is 4.90 Å². The Morgan fingerprint density at radius 1 is 1.30 bits per heavy atom. The van der Waals surface area contributed by atoms with Gasteiger partial charge in [-0.15, -0.1) is 5.73 Å². The van der Waals surface area contributed by atoms with Gasteiger partial charge < -0.3 is 9.16 Å². The van der Waals surface area contributed by atoms with Crippen LogP contribution < -0.4 is 0 Å². The van der Waals surface area contributed by atoms with Crippen molar-refractivity contribution >= 4 is 20.3 Å². The normalized spacial score (nSPS) is 19.4. The summed E-state index contributed by atoms with van der Waals surface area (Å²) in [5.41, 5.74) is 3.91. The molecule has 2 amide bonds. The third-order valence-corrected chi connectivity index (χ3v) is 11.6. The predicted octanol–water partition coefficient (Wildman–Crippen LogP) is 6.22. The van der Waals surface area contributed by atoms with Crippen LogP contribution >= 0.6 is 0 Å². The number of nitrogens with zero attached hydrogens (tertiary/aromatic N) is 1. The van der Waals surface area contributed by atoms with Crippen LogP contribution in [0.25, 0.3) is 0 Å². The van der Waals surface area contributed by atoms with Gasteiger partial charge in [0.05, 0.1) is 6.04 Å². The molecule has 1 heterocycles. The van der Waals surface area contributed by atoms with E-state index in [1.54, 1.807) is 0 Å². The second kappa shape index (κ2) is 11.3. The minimum absolute atomic E-state index is 0.0435. The molecule has 182 valence electrons. The van der Waals surface area contributed by atoms with Crippen molar-refractivity contribution < 1.29 is 18.8 Å². The van der Waals surface area contributed by atoms with Crippen molar-refractivity contribution in [3.63, 3.8) is 0 Å². The smallest absolute Gasteiger partial charge is 0.416 e. The van der Waals surface area contributed by atoms with Crippen molar-refractivity contribution in [1.29, 1.82) is 0 Å². The minimum Gasteiger partial charge on any atom is -0.447 e. The van der Waals surface area contributed by atoms with E-state index in [4.69, 9.17) is 9.16 Å². The predicted molar refractivity (Wildman–Crippen MR) is 135 cm³/mol. The van der Waals surface area contributed by atoms with Gasteiger partial charge in [0.15, 0.2) is 8.32 Å². The van der Waals surface area contributed by atoms with Crippen LogP contribution in [0.3, 0.4) is 0 Å². The van der Waals surface area contributed by atoms with E-state index in [1.165, 1.54) is 4.90 Å². The first-order chi connectivity index (χ1) is 15.4. The van der Waals surface area contributed by atoms with Crippen molar-refractivity contribution in [3.8, 4) is 0 Å². The third kappa shape index (κ3) is 7.17. The molecule has 0 saturated carbocycles. The number of ether oxygens (including phenoxy) is 1. The van der Waals surface area contributed by atoms with Gasteiger partial charge >= 0.3 is 6.09 Å². The van der Waals surface area contributed by atoms with E-state index in [0.717, 1.165) is 5.56 Å². The summed E-state index contributed by atoms with van der Waals surface area (Å²) in [6, 6.07) is 9.60. The Balaban J connectivity index is 2.24. The average molecular weight is 472 g/mol. The highest BCUT2D eigenvalue weighted by Crippen LogP contribution is 2.37. The molecule has 0 aliphatic carbocycles. The summed E-state index contributed by atoms with van der Waals surface area (Å²) in [5.74, 6) is -0.469. The SMILES string of the molecule is C=C=CC(C)CC(C(=O)N1C(=O)OC[C@@H]1Cc1ccccc1)[C@@H](C)CO[Si](C)(C)C(C)(C)C. The first kappa shape index (κ1) is 27.1. The van der Waals surface area contributed by atoms with E-state index in [0.29, 0.717) is 19.4 Å². The summed E-state index contributed by atoms with van der Waals surface area (Å²) in [6.45, 7) is 19.5. The standard InChI is InChI=1S/C27H41NO4Si/c1-9-13-20(2)16-24(21(3)18-32-33(7,8)27(4,5)6)25(29)28-23(19-31-26(28)30)17-22-14-11-10-12-15-22/h10-15,20-21,23-24H,1,16-19H2,2-8H3/t20?,21-,23-,24?/m0/s1. The number of carbonyl (C=O) groups is 2. The molecule has 1 aromatic rings. The van der Waals surface area contributed by atoms with E-state index in [-0.39, 0.29) is 41.3 Å². The molecule has 2 rings (SSSR count). The molecule has 0 aromatic heterocycles. The first-order valence-corrected chi connectivity index (χ1v) is 14.8. The second-order valence-electron chi connectivity index (χ2n) is 10.9. The van der Waals surface area contributed by atoms with Gasteiger partial charge in [0, 0.05) is 12.5 Å². The summed E-state index contributed by atoms with van der Waals surface area (Å²) in [5, 5.41) is 0.0879. The van der Waals surface area contributed by atoms with Crippen molar-refractivity contribution in [3.05, 3.63) is 54.3 Å². The highest BCUT2D eigenvalue weighted by atomic mass is 28.4. The molecule has 1 aromatic carbocycles. The van der Waals surface area contributed by atoms with Gasteiger partial charge in [-0.2, -0.15) is 0 Å². The number of hydrogen-bond acceptors (Lipinski definition) is 4. The Morgan fingerprint density at radius 2 is 1.94 bits per heavy atom. The number of allylic oxidation sites excluding steroid dienone is 1. The van der Waals surface area contributed by atoms with Gasteiger partial charge in [-0.1, -0.05) is 71.5 Å². The molecule has 1 aliphatic rings. The zero-order valence-electron chi connectivity index (χ0n) is 21.4. The summed E-state index contributed by atoms with van der Waals surface area (Å²) in [6.07, 6.45) is 2.52. The van der Waals surface area contributed by atoms with Gasteiger partial charge in [-0.25, -0.2) is 9.69 Å². The molecule has 33 heavy (non-hydrogen) atoms. The molecule has 1 fully saturated rings. The molecule has 0 spiro atoms. The van der Waals surface area contributed by atoms with E-state index in [9.17, 15) is 9.59 Å². The number of benzene rings is 1. The number of rotatable bonds is 10. The second-order valence-corrected chi connectivity index (χ2v) is 15.7. The molecule has 4 atom stereocenters. The lowest BCUT2D eigenvalue weighted by Crippen LogP contribution is -2.47. The molecule has 1 aliphatic heterocycles. The maximum absolute atomic E-state index is 13.8. The number of imide groups is 1. The van der Waals surface area contributed by atoms with Crippen LogP contribution in [0.4, 0.5) is 4.79 Å². The van der Waals surface area contributed by atoms with Crippen LogP contribution in [-0.4, -0.2) is 44.5 Å². The highest BCUT2D eigenvalue weighted by molar-refractivity contribution is 6.74. The molecule has 1 saturated heterocycles. The summed E-state index contributed by atoms with van der Waals surface area (Å²) in [7, 11) is -1.96. The topological polar surface area (TPSA) is 55.8 Å². The summed E-state index contributed by atoms with van der Waals surface area (Å²) >= 11 is 0. The van der Waals surface area contributed by atoms with Crippen LogP contribution in [0.5, 0.6) is 0 Å². The molecular weight excluding hydrogens is 430 g/mol. The molecule has 0 N–H and O–H groups in total.